The lowest BCUT2D eigenvalue weighted by molar-refractivity contribution is 0.162. The van der Waals surface area contributed by atoms with Gasteiger partial charge in [0, 0.05) is 5.56 Å². The minimum atomic E-state index is -0.990. The van der Waals surface area contributed by atoms with Crippen LogP contribution in [-0.4, -0.2) is 5.11 Å². The Labute approximate surface area is 111 Å². The topological polar surface area (TPSA) is 20.2 Å². The second-order valence-corrected chi connectivity index (χ2v) is 4.64. The number of rotatable bonds is 4. The van der Waals surface area contributed by atoms with E-state index >= 15 is 0 Å². The van der Waals surface area contributed by atoms with Crippen molar-refractivity contribution in [2.45, 2.75) is 25.9 Å². The van der Waals surface area contributed by atoms with Gasteiger partial charge in [0.1, 0.15) is 0 Å². The van der Waals surface area contributed by atoms with Crippen LogP contribution >= 0.6 is 0 Å². The van der Waals surface area contributed by atoms with Crippen molar-refractivity contribution in [3.8, 4) is 0 Å². The second kappa shape index (κ2) is 5.93. The number of hydrogen-bond acceptors (Lipinski definition) is 1. The highest BCUT2D eigenvalue weighted by Crippen LogP contribution is 2.25. The Kier molecular flexibility index (Phi) is 4.27. The summed E-state index contributed by atoms with van der Waals surface area (Å²) < 4.78 is 27.1. The van der Waals surface area contributed by atoms with Gasteiger partial charge in [-0.1, -0.05) is 42.5 Å². The summed E-state index contributed by atoms with van der Waals surface area (Å²) in [5.41, 5.74) is 1.34. The van der Waals surface area contributed by atoms with Crippen molar-refractivity contribution in [1.29, 1.82) is 0 Å². The van der Waals surface area contributed by atoms with E-state index < -0.39 is 17.7 Å². The summed E-state index contributed by atoms with van der Waals surface area (Å²) in [6, 6.07) is 12.6. The molecule has 0 amide bonds. The molecule has 1 atom stereocenters. The largest absolute Gasteiger partial charge is 0.388 e. The van der Waals surface area contributed by atoms with E-state index in [0.29, 0.717) is 12.8 Å². The third kappa shape index (κ3) is 3.18. The quantitative estimate of drug-likeness (QED) is 0.884. The number of benzene rings is 2. The molecule has 0 heterocycles. The van der Waals surface area contributed by atoms with E-state index in [9.17, 15) is 13.9 Å². The van der Waals surface area contributed by atoms with Crippen molar-refractivity contribution in [3.05, 3.63) is 70.8 Å². The molecule has 100 valence electrons. The van der Waals surface area contributed by atoms with E-state index in [1.807, 2.05) is 30.3 Å². The van der Waals surface area contributed by atoms with Gasteiger partial charge in [-0.15, -0.1) is 0 Å². The summed E-state index contributed by atoms with van der Waals surface area (Å²) in [6.45, 7) is 1.50. The summed E-state index contributed by atoms with van der Waals surface area (Å²) in [6.07, 6.45) is -0.00397. The maximum absolute atomic E-state index is 13.7. The van der Waals surface area contributed by atoms with Crippen molar-refractivity contribution in [3.63, 3.8) is 0 Å². The molecule has 1 N–H and O–H groups in total. The zero-order valence-corrected chi connectivity index (χ0v) is 10.7. The molecular formula is C16H16F2O. The van der Waals surface area contributed by atoms with Gasteiger partial charge in [-0.05, 0) is 30.9 Å². The Hall–Kier alpha value is -1.74. The predicted molar refractivity (Wildman–Crippen MR) is 70.8 cm³/mol. The van der Waals surface area contributed by atoms with E-state index in [4.69, 9.17) is 0 Å². The summed E-state index contributed by atoms with van der Waals surface area (Å²) in [5.74, 6) is -1.82. The lowest BCUT2D eigenvalue weighted by Crippen LogP contribution is -2.05. The monoisotopic (exact) mass is 262 g/mol. The highest BCUT2D eigenvalue weighted by Gasteiger charge is 2.17. The maximum atomic E-state index is 13.7. The Bertz CT molecular complexity index is 552. The van der Waals surface area contributed by atoms with Crippen molar-refractivity contribution >= 4 is 0 Å². The zero-order chi connectivity index (χ0) is 13.8. The van der Waals surface area contributed by atoms with E-state index in [1.54, 1.807) is 0 Å². The number of aliphatic hydroxyl groups is 1. The van der Waals surface area contributed by atoms with Crippen LogP contribution in [0.4, 0.5) is 8.78 Å². The number of aliphatic hydroxyl groups excluding tert-OH is 1. The second-order valence-electron chi connectivity index (χ2n) is 4.64. The normalized spacial score (nSPS) is 12.4. The maximum Gasteiger partial charge on any atom is 0.164 e. The van der Waals surface area contributed by atoms with Gasteiger partial charge in [-0.2, -0.15) is 0 Å². The van der Waals surface area contributed by atoms with Crippen LogP contribution in [0.15, 0.2) is 42.5 Å². The van der Waals surface area contributed by atoms with E-state index in [1.165, 1.54) is 19.1 Å². The Balaban J connectivity index is 2.08. The molecule has 0 aromatic heterocycles. The number of aryl methyl sites for hydroxylation is 2. The van der Waals surface area contributed by atoms with Crippen LogP contribution in [0.25, 0.3) is 0 Å². The fraction of sp³-hybridized carbons (Fsp3) is 0.250. The molecule has 0 aliphatic heterocycles. The molecule has 0 bridgehead atoms. The molecule has 0 spiro atoms. The first-order chi connectivity index (χ1) is 9.09. The van der Waals surface area contributed by atoms with Crippen LogP contribution in [0.5, 0.6) is 0 Å². The van der Waals surface area contributed by atoms with E-state index in [-0.39, 0.29) is 11.1 Å². The summed E-state index contributed by atoms with van der Waals surface area (Å²) in [4.78, 5) is 0. The molecule has 0 saturated heterocycles. The van der Waals surface area contributed by atoms with Crippen LogP contribution in [0.3, 0.4) is 0 Å². The summed E-state index contributed by atoms with van der Waals surface area (Å²) in [7, 11) is 0. The third-order valence-corrected chi connectivity index (χ3v) is 3.21. The molecule has 2 aromatic rings. The molecule has 2 aromatic carbocycles. The Morgan fingerprint density at radius 3 is 2.37 bits per heavy atom. The first-order valence-corrected chi connectivity index (χ1v) is 6.26. The molecule has 0 aliphatic rings. The van der Waals surface area contributed by atoms with Gasteiger partial charge in [0.15, 0.2) is 11.6 Å². The molecule has 0 aliphatic carbocycles. The summed E-state index contributed by atoms with van der Waals surface area (Å²) >= 11 is 0. The lowest BCUT2D eigenvalue weighted by Gasteiger charge is -2.13. The van der Waals surface area contributed by atoms with Crippen molar-refractivity contribution in [1.82, 2.24) is 0 Å². The number of hydrogen-bond donors (Lipinski definition) is 1. The van der Waals surface area contributed by atoms with Crippen LogP contribution in [0.1, 0.15) is 29.2 Å². The van der Waals surface area contributed by atoms with Gasteiger partial charge in [0.05, 0.1) is 6.10 Å². The number of halogens is 2. The zero-order valence-electron chi connectivity index (χ0n) is 10.7. The molecular weight excluding hydrogens is 246 g/mol. The van der Waals surface area contributed by atoms with E-state index in [0.717, 1.165) is 5.56 Å². The first kappa shape index (κ1) is 13.7. The Morgan fingerprint density at radius 1 is 1.00 bits per heavy atom. The molecule has 1 nitrogen and oxygen atoms in total. The van der Waals surface area contributed by atoms with Gasteiger partial charge in [-0.25, -0.2) is 8.78 Å². The molecule has 19 heavy (non-hydrogen) atoms. The molecule has 0 saturated carbocycles. The average molecular weight is 262 g/mol. The third-order valence-electron chi connectivity index (χ3n) is 3.21. The Morgan fingerprint density at radius 2 is 1.68 bits per heavy atom. The molecule has 3 heteroatoms. The van der Waals surface area contributed by atoms with Crippen molar-refractivity contribution in [2.75, 3.05) is 0 Å². The molecule has 0 radical (unpaired) electrons. The fourth-order valence-corrected chi connectivity index (χ4v) is 2.02. The van der Waals surface area contributed by atoms with Gasteiger partial charge in [0.25, 0.3) is 0 Å². The van der Waals surface area contributed by atoms with Crippen LogP contribution in [0, 0.1) is 18.6 Å². The predicted octanol–water partition coefficient (Wildman–Crippen LogP) is 3.94. The van der Waals surface area contributed by atoms with Crippen molar-refractivity contribution in [2.24, 2.45) is 0 Å². The van der Waals surface area contributed by atoms with Crippen LogP contribution < -0.4 is 0 Å². The lowest BCUT2D eigenvalue weighted by atomic mass is 9.99. The average Bonchev–Trinajstić information content (AvgIpc) is 2.43. The first-order valence-electron chi connectivity index (χ1n) is 6.26. The van der Waals surface area contributed by atoms with Gasteiger partial charge >= 0.3 is 0 Å². The van der Waals surface area contributed by atoms with Crippen LogP contribution in [0.2, 0.25) is 0 Å². The minimum Gasteiger partial charge on any atom is -0.388 e. The standard InChI is InChI=1S/C16H16F2O/c1-11-7-9-13(16(18)15(11)17)14(19)10-8-12-5-3-2-4-6-12/h2-7,9,14,19H,8,10H2,1H3. The highest BCUT2D eigenvalue weighted by molar-refractivity contribution is 5.27. The van der Waals surface area contributed by atoms with Crippen molar-refractivity contribution < 1.29 is 13.9 Å². The minimum absolute atomic E-state index is 0.0269. The molecule has 0 fully saturated rings. The fourth-order valence-electron chi connectivity index (χ4n) is 2.02. The highest BCUT2D eigenvalue weighted by atomic mass is 19.2. The van der Waals surface area contributed by atoms with E-state index in [2.05, 4.69) is 0 Å². The van der Waals surface area contributed by atoms with Gasteiger partial charge in [0.2, 0.25) is 0 Å². The van der Waals surface area contributed by atoms with Crippen LogP contribution in [-0.2, 0) is 6.42 Å². The SMILES string of the molecule is Cc1ccc(C(O)CCc2ccccc2)c(F)c1F. The molecule has 1 unspecified atom stereocenters. The smallest absolute Gasteiger partial charge is 0.164 e. The van der Waals surface area contributed by atoms with Gasteiger partial charge < -0.3 is 5.11 Å². The summed E-state index contributed by atoms with van der Waals surface area (Å²) in [5, 5.41) is 9.97. The van der Waals surface area contributed by atoms with Gasteiger partial charge in [-0.3, -0.25) is 0 Å². The molecule has 2 rings (SSSR count).